The Hall–Kier alpha value is -0.646. The largest absolute Gasteiger partial charge is 0.326 e. The minimum absolute atomic E-state index is 0.0975. The molecule has 18 heavy (non-hydrogen) atoms. The van der Waals surface area contributed by atoms with Crippen LogP contribution in [0.2, 0.25) is 39.3 Å². The molecule has 0 radical (unpaired) electrons. The van der Waals surface area contributed by atoms with Crippen molar-refractivity contribution in [3.63, 3.8) is 0 Å². The summed E-state index contributed by atoms with van der Waals surface area (Å²) >= 11 is 0. The fourth-order valence-electron chi connectivity index (χ4n) is 2.87. The molecule has 1 nitrogen and oxygen atoms in total. The average Bonchev–Trinajstić information content (AvgIpc) is 2.25. The molecule has 0 atom stereocenters. The summed E-state index contributed by atoms with van der Waals surface area (Å²) in [5, 5.41) is 0. The van der Waals surface area contributed by atoms with Gasteiger partial charge < -0.3 is 5.73 Å². The molecular formula is C15H27NSi2. The highest BCUT2D eigenvalue weighted by Crippen LogP contribution is 2.37. The van der Waals surface area contributed by atoms with Crippen molar-refractivity contribution in [3.8, 4) is 0 Å². The van der Waals surface area contributed by atoms with Crippen LogP contribution in [-0.4, -0.2) is 16.1 Å². The van der Waals surface area contributed by atoms with Crippen molar-refractivity contribution < 1.29 is 0 Å². The first-order valence-electron chi connectivity index (χ1n) is 6.56. The molecule has 0 bridgehead atoms. The number of hydrogen-bond acceptors (Lipinski definition) is 1. The lowest BCUT2D eigenvalue weighted by atomic mass is 10.1. The van der Waals surface area contributed by atoms with Crippen LogP contribution in [-0.2, 0) is 4.79 Å². The lowest BCUT2D eigenvalue weighted by molar-refractivity contribution is 0.813. The second-order valence-corrected chi connectivity index (χ2v) is 18.2. The van der Waals surface area contributed by atoms with Crippen molar-refractivity contribution in [2.24, 2.45) is 5.73 Å². The van der Waals surface area contributed by atoms with Crippen LogP contribution in [0.4, 0.5) is 0 Å². The Balaban J connectivity index is 3.40. The van der Waals surface area contributed by atoms with Crippen LogP contribution in [0.1, 0.15) is 11.1 Å². The molecule has 1 aromatic carbocycles. The summed E-state index contributed by atoms with van der Waals surface area (Å²) in [6.45, 7) is 18.1. The molecule has 3 heteroatoms. The molecule has 1 rings (SSSR count). The minimum atomic E-state index is -1.50. The zero-order chi connectivity index (χ0) is 14.2. The van der Waals surface area contributed by atoms with Crippen molar-refractivity contribution in [2.75, 3.05) is 0 Å². The summed E-state index contributed by atoms with van der Waals surface area (Å²) in [4.78, 5) is -0.0975. The van der Waals surface area contributed by atoms with Gasteiger partial charge in [-0.15, -0.1) is 0 Å². The maximum atomic E-state index is 6.96. The van der Waals surface area contributed by atoms with Crippen LogP contribution >= 0.6 is 0 Å². The van der Waals surface area contributed by atoms with Gasteiger partial charge in [-0.1, -0.05) is 76.2 Å². The van der Waals surface area contributed by atoms with Gasteiger partial charge in [-0.05, 0) is 11.1 Å². The maximum Gasteiger partial charge on any atom is 0.0689 e. The zero-order valence-corrected chi connectivity index (χ0v) is 14.7. The van der Waals surface area contributed by atoms with Crippen molar-refractivity contribution in [2.45, 2.75) is 44.1 Å². The SMILES string of the molecule is C=Cc1ccc(C(N)([Si](C)(C)C)[Si](C)(C)C)cc1. The molecule has 0 aliphatic rings. The van der Waals surface area contributed by atoms with E-state index in [2.05, 4.69) is 70.1 Å². The predicted octanol–water partition coefficient (Wildman–Crippen LogP) is 4.24. The lowest BCUT2D eigenvalue weighted by Crippen LogP contribution is -2.69. The average molecular weight is 278 g/mol. The standard InChI is InChI=1S/C15H27NSi2/c1-8-13-9-11-14(12-10-13)15(16,17(2,3)4)18(5,6)7/h8-12H,1,16H2,2-7H3. The van der Waals surface area contributed by atoms with Crippen LogP contribution in [0, 0.1) is 0 Å². The van der Waals surface area contributed by atoms with Crippen molar-refractivity contribution in [1.29, 1.82) is 0 Å². The molecule has 2 N–H and O–H groups in total. The Morgan fingerprint density at radius 2 is 1.33 bits per heavy atom. The number of nitrogens with two attached hydrogens (primary N) is 1. The molecule has 100 valence electrons. The molecule has 0 aliphatic heterocycles. The maximum absolute atomic E-state index is 6.96. The van der Waals surface area contributed by atoms with E-state index in [-0.39, 0.29) is 4.79 Å². The Labute approximate surface area is 114 Å². The van der Waals surface area contributed by atoms with Gasteiger partial charge in [0.2, 0.25) is 0 Å². The lowest BCUT2D eigenvalue weighted by Gasteiger charge is -2.49. The Bertz CT molecular complexity index is 407. The normalized spacial score (nSPS) is 13.5. The van der Waals surface area contributed by atoms with Gasteiger partial charge in [0.1, 0.15) is 0 Å². The molecule has 0 heterocycles. The Morgan fingerprint density at radius 3 is 1.61 bits per heavy atom. The second-order valence-electron chi connectivity index (χ2n) is 7.13. The quantitative estimate of drug-likeness (QED) is 0.819. The van der Waals surface area contributed by atoms with Crippen LogP contribution in [0.5, 0.6) is 0 Å². The molecule has 0 amide bonds. The van der Waals surface area contributed by atoms with E-state index in [4.69, 9.17) is 5.73 Å². The number of hydrogen-bond donors (Lipinski definition) is 1. The third-order valence-corrected chi connectivity index (χ3v) is 13.8. The van der Waals surface area contributed by atoms with Crippen LogP contribution in [0.15, 0.2) is 30.8 Å². The monoisotopic (exact) mass is 277 g/mol. The number of rotatable bonds is 4. The van der Waals surface area contributed by atoms with Gasteiger partial charge >= 0.3 is 0 Å². The molecule has 0 spiro atoms. The molecular weight excluding hydrogens is 250 g/mol. The van der Waals surface area contributed by atoms with Gasteiger partial charge in [-0.3, -0.25) is 0 Å². The van der Waals surface area contributed by atoms with Crippen molar-refractivity contribution >= 4 is 22.2 Å². The van der Waals surface area contributed by atoms with Gasteiger partial charge in [-0.25, -0.2) is 0 Å². The van der Waals surface area contributed by atoms with E-state index >= 15 is 0 Å². The van der Waals surface area contributed by atoms with Gasteiger partial charge in [0.25, 0.3) is 0 Å². The van der Waals surface area contributed by atoms with E-state index in [9.17, 15) is 0 Å². The zero-order valence-electron chi connectivity index (χ0n) is 12.7. The molecule has 0 saturated heterocycles. The summed E-state index contributed by atoms with van der Waals surface area (Å²) in [6, 6.07) is 8.66. The van der Waals surface area contributed by atoms with E-state index in [1.165, 1.54) is 5.56 Å². The van der Waals surface area contributed by atoms with Crippen LogP contribution in [0.25, 0.3) is 6.08 Å². The smallest absolute Gasteiger partial charge is 0.0689 e. The summed E-state index contributed by atoms with van der Waals surface area (Å²) in [5.74, 6) is 0. The molecule has 0 aromatic heterocycles. The highest BCUT2D eigenvalue weighted by atomic mass is 28.4. The highest BCUT2D eigenvalue weighted by molar-refractivity contribution is 6.98. The summed E-state index contributed by atoms with van der Waals surface area (Å²) in [7, 11) is -3.00. The third-order valence-electron chi connectivity index (χ3n) is 3.97. The minimum Gasteiger partial charge on any atom is -0.326 e. The van der Waals surface area contributed by atoms with E-state index in [1.54, 1.807) is 0 Å². The van der Waals surface area contributed by atoms with Gasteiger partial charge in [0.05, 0.1) is 16.1 Å². The Kier molecular flexibility index (Phi) is 4.11. The topological polar surface area (TPSA) is 26.0 Å². The first-order chi connectivity index (χ1) is 8.04. The molecule has 0 fully saturated rings. The van der Waals surface area contributed by atoms with Crippen LogP contribution < -0.4 is 5.73 Å². The molecule has 1 aromatic rings. The second kappa shape index (κ2) is 4.80. The first kappa shape index (κ1) is 15.4. The van der Waals surface area contributed by atoms with E-state index in [1.807, 2.05) is 6.08 Å². The predicted molar refractivity (Wildman–Crippen MR) is 89.1 cm³/mol. The number of benzene rings is 1. The van der Waals surface area contributed by atoms with E-state index in [0.29, 0.717) is 0 Å². The Morgan fingerprint density at radius 1 is 0.944 bits per heavy atom. The van der Waals surface area contributed by atoms with E-state index < -0.39 is 16.1 Å². The molecule has 0 saturated carbocycles. The van der Waals surface area contributed by atoms with Gasteiger partial charge in [0, 0.05) is 4.79 Å². The van der Waals surface area contributed by atoms with Gasteiger partial charge in [0.15, 0.2) is 0 Å². The summed E-state index contributed by atoms with van der Waals surface area (Å²) in [5.41, 5.74) is 9.43. The highest BCUT2D eigenvalue weighted by Gasteiger charge is 2.50. The van der Waals surface area contributed by atoms with Crippen molar-refractivity contribution in [1.82, 2.24) is 0 Å². The molecule has 0 unspecified atom stereocenters. The summed E-state index contributed by atoms with van der Waals surface area (Å²) in [6.07, 6.45) is 1.88. The first-order valence-corrected chi connectivity index (χ1v) is 13.6. The van der Waals surface area contributed by atoms with E-state index in [0.717, 1.165) is 5.56 Å². The van der Waals surface area contributed by atoms with Crippen LogP contribution in [0.3, 0.4) is 0 Å². The van der Waals surface area contributed by atoms with Crippen molar-refractivity contribution in [3.05, 3.63) is 42.0 Å². The summed E-state index contributed by atoms with van der Waals surface area (Å²) < 4.78 is 0. The fourth-order valence-corrected chi connectivity index (χ4v) is 13.9. The molecule has 0 aliphatic carbocycles. The third kappa shape index (κ3) is 2.53. The fraction of sp³-hybridized carbons (Fsp3) is 0.467. The van der Waals surface area contributed by atoms with Gasteiger partial charge in [-0.2, -0.15) is 0 Å².